The number of hydrogen-bond acceptors (Lipinski definition) is 6. The van der Waals surface area contributed by atoms with Gasteiger partial charge in [0.25, 0.3) is 5.91 Å². The number of sulfone groups is 1. The van der Waals surface area contributed by atoms with Crippen molar-refractivity contribution >= 4 is 38.7 Å². The summed E-state index contributed by atoms with van der Waals surface area (Å²) in [6.07, 6.45) is 0.868. The van der Waals surface area contributed by atoms with E-state index in [0.717, 1.165) is 44.1 Å². The quantitative estimate of drug-likeness (QED) is 0.723. The molecule has 3 heterocycles. The highest BCUT2D eigenvalue weighted by atomic mass is 35.5. The van der Waals surface area contributed by atoms with Crippen molar-refractivity contribution in [3.05, 3.63) is 39.7 Å². The molecule has 9 heteroatoms. The highest BCUT2D eigenvalue weighted by Gasteiger charge is 2.31. The van der Waals surface area contributed by atoms with E-state index < -0.39 is 9.84 Å². The number of fused-ring (bicyclic) bond motifs is 3. The zero-order valence-electron chi connectivity index (χ0n) is 15.2. The van der Waals surface area contributed by atoms with Crippen molar-refractivity contribution in [1.29, 1.82) is 0 Å². The topological polar surface area (TPSA) is 75.7 Å². The Balaban J connectivity index is 1.43. The molecule has 150 valence electrons. The van der Waals surface area contributed by atoms with Gasteiger partial charge in [0, 0.05) is 35.1 Å². The van der Waals surface area contributed by atoms with Crippen LogP contribution in [0.3, 0.4) is 0 Å². The second-order valence-electron chi connectivity index (χ2n) is 6.93. The van der Waals surface area contributed by atoms with Crippen molar-refractivity contribution in [2.75, 3.05) is 39.4 Å². The average Bonchev–Trinajstić information content (AvgIpc) is 3.09. The van der Waals surface area contributed by atoms with E-state index in [4.69, 9.17) is 16.3 Å². The molecule has 0 atom stereocenters. The number of benzene rings is 1. The number of carbonyl (C=O) groups excluding carboxylic acids is 1. The van der Waals surface area contributed by atoms with E-state index in [2.05, 4.69) is 10.2 Å². The summed E-state index contributed by atoms with van der Waals surface area (Å²) in [6, 6.07) is 6.58. The van der Waals surface area contributed by atoms with Crippen LogP contribution in [0.2, 0.25) is 5.02 Å². The SMILES string of the molecule is O=C(NCCCN1CCOCC1)c1cc2c(s1)-c1ccc(Cl)cc1S(=O)(=O)C2. The number of rotatable bonds is 5. The van der Waals surface area contributed by atoms with Gasteiger partial charge in [0.05, 0.1) is 28.7 Å². The molecule has 1 amide bonds. The van der Waals surface area contributed by atoms with Gasteiger partial charge in [-0.15, -0.1) is 11.3 Å². The summed E-state index contributed by atoms with van der Waals surface area (Å²) in [5.74, 6) is -0.259. The molecule has 1 N–H and O–H groups in total. The molecular formula is C19H21ClN2O4S2. The standard InChI is InChI=1S/C19H21ClN2O4S2/c20-14-2-3-15-17(11-14)28(24,25)12-13-10-16(27-18(13)15)19(23)21-4-1-5-22-6-8-26-9-7-22/h2-3,10-11H,1,4-9,12H2,(H,21,23). The molecule has 0 spiro atoms. The molecule has 1 saturated heterocycles. The molecule has 4 rings (SSSR count). The van der Waals surface area contributed by atoms with Crippen LogP contribution >= 0.6 is 22.9 Å². The summed E-state index contributed by atoms with van der Waals surface area (Å²) in [5.41, 5.74) is 1.31. The Labute approximate surface area is 173 Å². The van der Waals surface area contributed by atoms with Gasteiger partial charge in [-0.25, -0.2) is 8.42 Å². The summed E-state index contributed by atoms with van der Waals surface area (Å²) in [5, 5.41) is 3.33. The zero-order chi connectivity index (χ0) is 19.7. The summed E-state index contributed by atoms with van der Waals surface area (Å²) in [7, 11) is -3.45. The van der Waals surface area contributed by atoms with Crippen LogP contribution in [0.25, 0.3) is 10.4 Å². The lowest BCUT2D eigenvalue weighted by Gasteiger charge is -2.26. The van der Waals surface area contributed by atoms with E-state index in [9.17, 15) is 13.2 Å². The number of thiophene rings is 1. The Bertz CT molecular complexity index is 997. The molecule has 0 radical (unpaired) electrons. The third kappa shape index (κ3) is 4.11. The van der Waals surface area contributed by atoms with Gasteiger partial charge in [0.1, 0.15) is 0 Å². The van der Waals surface area contributed by atoms with Gasteiger partial charge in [0.15, 0.2) is 9.84 Å². The van der Waals surface area contributed by atoms with Gasteiger partial charge in [0.2, 0.25) is 0 Å². The third-order valence-electron chi connectivity index (χ3n) is 4.94. The number of hydrogen-bond donors (Lipinski definition) is 1. The number of nitrogens with one attached hydrogen (secondary N) is 1. The minimum Gasteiger partial charge on any atom is -0.379 e. The lowest BCUT2D eigenvalue weighted by Crippen LogP contribution is -2.38. The van der Waals surface area contributed by atoms with Crippen LogP contribution in [0.15, 0.2) is 29.2 Å². The van der Waals surface area contributed by atoms with Gasteiger partial charge in [-0.1, -0.05) is 17.7 Å². The number of morpholine rings is 1. The maximum atomic E-state index is 12.6. The van der Waals surface area contributed by atoms with Crippen molar-refractivity contribution < 1.29 is 17.9 Å². The lowest BCUT2D eigenvalue weighted by atomic mass is 10.1. The second kappa shape index (κ2) is 8.12. The number of halogens is 1. The first-order valence-electron chi connectivity index (χ1n) is 9.18. The Hall–Kier alpha value is -1.45. The molecule has 0 bridgehead atoms. The maximum absolute atomic E-state index is 12.6. The van der Waals surface area contributed by atoms with E-state index in [0.29, 0.717) is 27.6 Å². The van der Waals surface area contributed by atoms with Crippen LogP contribution in [0, 0.1) is 0 Å². The average molecular weight is 441 g/mol. The molecule has 1 aromatic carbocycles. The van der Waals surface area contributed by atoms with Crippen molar-refractivity contribution in [2.45, 2.75) is 17.1 Å². The first-order chi connectivity index (χ1) is 13.4. The number of ether oxygens (including phenoxy) is 1. The van der Waals surface area contributed by atoms with Crippen LogP contribution < -0.4 is 5.32 Å². The molecule has 1 aromatic heterocycles. The fourth-order valence-electron chi connectivity index (χ4n) is 3.52. The highest BCUT2D eigenvalue weighted by molar-refractivity contribution is 7.91. The normalized spacial score (nSPS) is 18.3. The molecule has 28 heavy (non-hydrogen) atoms. The van der Waals surface area contributed by atoms with Crippen molar-refractivity contribution in [3.8, 4) is 10.4 Å². The zero-order valence-corrected chi connectivity index (χ0v) is 17.6. The van der Waals surface area contributed by atoms with Crippen LogP contribution in [0.5, 0.6) is 0 Å². The second-order valence-corrected chi connectivity index (χ2v) is 10.4. The fourth-order valence-corrected chi connectivity index (χ4v) is 6.65. The van der Waals surface area contributed by atoms with Crippen molar-refractivity contribution in [1.82, 2.24) is 10.2 Å². The molecule has 2 aliphatic heterocycles. The first-order valence-corrected chi connectivity index (χ1v) is 12.0. The number of carbonyl (C=O) groups is 1. The lowest BCUT2D eigenvalue weighted by molar-refractivity contribution is 0.0374. The van der Waals surface area contributed by atoms with E-state index in [1.165, 1.54) is 17.4 Å². The molecule has 0 saturated carbocycles. The number of nitrogens with zero attached hydrogens (tertiary/aromatic N) is 1. The Morgan fingerprint density at radius 2 is 2.04 bits per heavy atom. The largest absolute Gasteiger partial charge is 0.379 e. The maximum Gasteiger partial charge on any atom is 0.261 e. The van der Waals surface area contributed by atoms with Gasteiger partial charge < -0.3 is 10.1 Å². The van der Waals surface area contributed by atoms with Crippen LogP contribution in [0.1, 0.15) is 21.7 Å². The molecule has 0 unspecified atom stereocenters. The highest BCUT2D eigenvalue weighted by Crippen LogP contribution is 2.43. The number of amides is 1. The van der Waals surface area contributed by atoms with Crippen molar-refractivity contribution in [2.24, 2.45) is 0 Å². The minimum atomic E-state index is -3.45. The predicted octanol–water partition coefficient (Wildman–Crippen LogP) is 2.81. The van der Waals surface area contributed by atoms with Gasteiger partial charge >= 0.3 is 0 Å². The van der Waals surface area contributed by atoms with Crippen LogP contribution in [0.4, 0.5) is 0 Å². The summed E-state index contributed by atoms with van der Waals surface area (Å²) >= 11 is 7.31. The fraction of sp³-hybridized carbons (Fsp3) is 0.421. The van der Waals surface area contributed by atoms with Crippen molar-refractivity contribution in [3.63, 3.8) is 0 Å². The monoisotopic (exact) mass is 440 g/mol. The molecule has 0 aliphatic carbocycles. The Kier molecular flexibility index (Phi) is 5.76. The summed E-state index contributed by atoms with van der Waals surface area (Å²) in [4.78, 5) is 16.5. The van der Waals surface area contributed by atoms with E-state index in [-0.39, 0.29) is 16.6 Å². The first kappa shape index (κ1) is 19.8. The van der Waals surface area contributed by atoms with E-state index >= 15 is 0 Å². The molecule has 2 aromatic rings. The van der Waals surface area contributed by atoms with E-state index in [1.54, 1.807) is 18.2 Å². The summed E-state index contributed by atoms with van der Waals surface area (Å²) < 4.78 is 30.4. The van der Waals surface area contributed by atoms with Gasteiger partial charge in [-0.2, -0.15) is 0 Å². The van der Waals surface area contributed by atoms with E-state index in [1.807, 2.05) is 0 Å². The van der Waals surface area contributed by atoms with Crippen LogP contribution in [-0.4, -0.2) is 58.6 Å². The minimum absolute atomic E-state index is 0.101. The Morgan fingerprint density at radius 3 is 2.82 bits per heavy atom. The molecule has 6 nitrogen and oxygen atoms in total. The molecule has 2 aliphatic rings. The van der Waals surface area contributed by atoms with Gasteiger partial charge in [-0.3, -0.25) is 9.69 Å². The smallest absolute Gasteiger partial charge is 0.261 e. The molecular weight excluding hydrogens is 420 g/mol. The predicted molar refractivity (Wildman–Crippen MR) is 110 cm³/mol. The summed E-state index contributed by atoms with van der Waals surface area (Å²) in [6.45, 7) is 4.92. The third-order valence-corrected chi connectivity index (χ3v) is 8.09. The molecule has 1 fully saturated rings. The Morgan fingerprint density at radius 1 is 1.25 bits per heavy atom. The van der Waals surface area contributed by atoms with Gasteiger partial charge in [-0.05, 0) is 36.7 Å². The van der Waals surface area contributed by atoms with Crippen LogP contribution in [-0.2, 0) is 20.3 Å².